The van der Waals surface area contributed by atoms with E-state index < -0.39 is 11.5 Å². The Kier molecular flexibility index (Phi) is 4.05. The summed E-state index contributed by atoms with van der Waals surface area (Å²) in [5.41, 5.74) is 0. The van der Waals surface area contributed by atoms with E-state index in [-0.39, 0.29) is 5.78 Å². The first kappa shape index (κ1) is 8.08. The van der Waals surface area contributed by atoms with Crippen LogP contribution in [-0.4, -0.2) is 17.3 Å². The van der Waals surface area contributed by atoms with Gasteiger partial charge in [-0.1, -0.05) is 22.9 Å². The molecule has 3 heteroatoms. The van der Waals surface area contributed by atoms with Gasteiger partial charge < -0.3 is 0 Å². The van der Waals surface area contributed by atoms with Crippen molar-refractivity contribution in [2.45, 2.75) is 18.2 Å². The highest BCUT2D eigenvalue weighted by atomic mass is 79.9. The van der Waals surface area contributed by atoms with Gasteiger partial charge in [-0.15, -0.1) is 0 Å². The Morgan fingerprint density at radius 3 is 2.50 bits per heavy atom. The fourth-order valence-corrected chi connectivity index (χ4v) is 0.631. The first-order valence-electron chi connectivity index (χ1n) is 2.45. The Hall–Kier alpha value is 0.0800. The van der Waals surface area contributed by atoms with Crippen molar-refractivity contribution in [2.75, 3.05) is 6.67 Å². The fraction of sp³-hybridized carbons (Fsp3) is 0.800. The molecule has 0 aromatic rings. The van der Waals surface area contributed by atoms with E-state index in [4.69, 9.17) is 0 Å². The van der Waals surface area contributed by atoms with E-state index in [1.807, 2.05) is 0 Å². The third kappa shape index (κ3) is 2.40. The van der Waals surface area contributed by atoms with Gasteiger partial charge in [-0.05, 0) is 0 Å². The first-order chi connectivity index (χ1) is 3.72. The second-order valence-corrected chi connectivity index (χ2v) is 2.55. The van der Waals surface area contributed by atoms with Gasteiger partial charge in [-0.3, -0.25) is 4.79 Å². The summed E-state index contributed by atoms with van der Waals surface area (Å²) in [6, 6.07) is 0. The van der Waals surface area contributed by atoms with E-state index in [2.05, 4.69) is 15.9 Å². The zero-order chi connectivity index (χ0) is 6.57. The molecule has 0 rings (SSSR count). The van der Waals surface area contributed by atoms with Crippen LogP contribution >= 0.6 is 15.9 Å². The summed E-state index contributed by atoms with van der Waals surface area (Å²) >= 11 is 2.88. The molecule has 0 aliphatic carbocycles. The molecule has 0 saturated heterocycles. The third-order valence-corrected chi connectivity index (χ3v) is 1.59. The fourth-order valence-electron chi connectivity index (χ4n) is 0.308. The molecule has 0 heterocycles. The molecule has 8 heavy (non-hydrogen) atoms. The SMILES string of the molecule is CCC(=O)C(Br)CF. The quantitative estimate of drug-likeness (QED) is 0.608. The zero-order valence-electron chi connectivity index (χ0n) is 4.66. The summed E-state index contributed by atoms with van der Waals surface area (Å²) in [4.78, 5) is 9.88. The minimum atomic E-state index is -0.604. The Morgan fingerprint density at radius 1 is 1.88 bits per heavy atom. The summed E-state index contributed by atoms with van der Waals surface area (Å²) in [6.45, 7) is 1.11. The molecule has 0 N–H and O–H groups in total. The molecule has 48 valence electrons. The van der Waals surface area contributed by atoms with Crippen molar-refractivity contribution in [3.05, 3.63) is 0 Å². The van der Waals surface area contributed by atoms with E-state index in [0.717, 1.165) is 0 Å². The molecule has 0 saturated carbocycles. The molecule has 1 unspecified atom stereocenters. The molecule has 0 aliphatic heterocycles. The lowest BCUT2D eigenvalue weighted by Gasteiger charge is -1.97. The van der Waals surface area contributed by atoms with Gasteiger partial charge >= 0.3 is 0 Å². The van der Waals surface area contributed by atoms with Gasteiger partial charge in [0.15, 0.2) is 0 Å². The summed E-state index contributed by atoms with van der Waals surface area (Å²) in [6.07, 6.45) is 0.403. The molecular weight excluding hydrogens is 175 g/mol. The van der Waals surface area contributed by atoms with Crippen LogP contribution in [0.4, 0.5) is 4.39 Å². The van der Waals surface area contributed by atoms with Crippen LogP contribution in [-0.2, 0) is 4.79 Å². The number of carbonyl (C=O) groups is 1. The van der Waals surface area contributed by atoms with Crippen LogP contribution in [0.2, 0.25) is 0 Å². The Bertz CT molecular complexity index is 84.5. The number of ketones is 1. The number of Topliss-reactive ketones (excluding diaryl/α,β-unsaturated/α-hetero) is 1. The van der Waals surface area contributed by atoms with Crippen molar-refractivity contribution in [3.63, 3.8) is 0 Å². The zero-order valence-corrected chi connectivity index (χ0v) is 6.24. The van der Waals surface area contributed by atoms with Crippen molar-refractivity contribution >= 4 is 21.7 Å². The minimum Gasteiger partial charge on any atom is -0.298 e. The third-order valence-electron chi connectivity index (χ3n) is 0.833. The van der Waals surface area contributed by atoms with E-state index in [1.165, 1.54) is 0 Å². The standard InChI is InChI=1S/C5H8BrFO/c1-2-5(8)4(6)3-7/h4H,2-3H2,1H3. The van der Waals surface area contributed by atoms with Gasteiger partial charge in [-0.2, -0.15) is 0 Å². The smallest absolute Gasteiger partial charge is 0.148 e. The highest BCUT2D eigenvalue weighted by Gasteiger charge is 2.10. The van der Waals surface area contributed by atoms with E-state index in [1.54, 1.807) is 6.92 Å². The van der Waals surface area contributed by atoms with Crippen molar-refractivity contribution in [3.8, 4) is 0 Å². The van der Waals surface area contributed by atoms with Crippen LogP contribution < -0.4 is 0 Å². The highest BCUT2D eigenvalue weighted by molar-refractivity contribution is 9.10. The normalized spacial score (nSPS) is 13.4. The molecule has 1 atom stereocenters. The van der Waals surface area contributed by atoms with Crippen molar-refractivity contribution in [1.82, 2.24) is 0 Å². The maximum Gasteiger partial charge on any atom is 0.148 e. The summed E-state index contributed by atoms with van der Waals surface area (Å²) < 4.78 is 11.6. The van der Waals surface area contributed by atoms with E-state index in [9.17, 15) is 9.18 Å². The monoisotopic (exact) mass is 182 g/mol. The summed E-state index contributed by atoms with van der Waals surface area (Å²) in [5.74, 6) is -0.0764. The Labute approximate surface area is 56.4 Å². The maximum atomic E-state index is 11.6. The van der Waals surface area contributed by atoms with E-state index in [0.29, 0.717) is 6.42 Å². The second-order valence-electron chi connectivity index (χ2n) is 1.44. The van der Waals surface area contributed by atoms with Crippen LogP contribution in [0.3, 0.4) is 0 Å². The van der Waals surface area contributed by atoms with Crippen LogP contribution in [0.15, 0.2) is 0 Å². The number of halogens is 2. The molecule has 0 bridgehead atoms. The number of carbonyl (C=O) groups excluding carboxylic acids is 1. The predicted molar refractivity (Wildman–Crippen MR) is 34.0 cm³/mol. The summed E-state index contributed by atoms with van der Waals surface area (Å²) in [7, 11) is 0. The molecular formula is C5H8BrFO. The van der Waals surface area contributed by atoms with Crippen molar-refractivity contribution in [1.29, 1.82) is 0 Å². The lowest BCUT2D eigenvalue weighted by molar-refractivity contribution is -0.118. The first-order valence-corrected chi connectivity index (χ1v) is 3.36. The average Bonchev–Trinajstić information content (AvgIpc) is 1.84. The number of rotatable bonds is 3. The Balaban J connectivity index is 3.46. The van der Waals surface area contributed by atoms with Gasteiger partial charge in [-0.25, -0.2) is 4.39 Å². The van der Waals surface area contributed by atoms with Gasteiger partial charge in [0.1, 0.15) is 17.3 Å². The molecule has 1 nitrogen and oxygen atoms in total. The lowest BCUT2D eigenvalue weighted by Crippen LogP contribution is -2.13. The largest absolute Gasteiger partial charge is 0.298 e. The average molecular weight is 183 g/mol. The van der Waals surface area contributed by atoms with Crippen LogP contribution in [0.1, 0.15) is 13.3 Å². The molecule has 0 radical (unpaired) electrons. The van der Waals surface area contributed by atoms with Crippen LogP contribution in [0.25, 0.3) is 0 Å². The van der Waals surface area contributed by atoms with Crippen LogP contribution in [0.5, 0.6) is 0 Å². The lowest BCUT2D eigenvalue weighted by atomic mass is 10.2. The van der Waals surface area contributed by atoms with Crippen LogP contribution in [0, 0.1) is 0 Å². The topological polar surface area (TPSA) is 17.1 Å². The van der Waals surface area contributed by atoms with Gasteiger partial charge in [0.05, 0.1) is 0 Å². The number of alkyl halides is 2. The van der Waals surface area contributed by atoms with E-state index >= 15 is 0 Å². The second kappa shape index (κ2) is 4.01. The minimum absolute atomic E-state index is 0.0764. The number of hydrogen-bond acceptors (Lipinski definition) is 1. The maximum absolute atomic E-state index is 11.6. The number of hydrogen-bond donors (Lipinski definition) is 0. The van der Waals surface area contributed by atoms with Crippen molar-refractivity contribution in [2.24, 2.45) is 0 Å². The molecule has 0 aliphatic rings. The molecule has 0 spiro atoms. The molecule has 0 amide bonds. The Morgan fingerprint density at radius 2 is 2.38 bits per heavy atom. The predicted octanol–water partition coefficient (Wildman–Crippen LogP) is 1.70. The van der Waals surface area contributed by atoms with Gasteiger partial charge in [0.25, 0.3) is 0 Å². The van der Waals surface area contributed by atoms with Gasteiger partial charge in [0, 0.05) is 6.42 Å². The molecule has 0 fully saturated rings. The highest BCUT2D eigenvalue weighted by Crippen LogP contribution is 2.03. The summed E-state index contributed by atoms with van der Waals surface area (Å²) in [5, 5.41) is 0. The molecule has 0 aromatic heterocycles. The van der Waals surface area contributed by atoms with Gasteiger partial charge in [0.2, 0.25) is 0 Å². The molecule has 0 aromatic carbocycles. The van der Waals surface area contributed by atoms with Crippen molar-refractivity contribution < 1.29 is 9.18 Å².